The van der Waals surface area contributed by atoms with E-state index in [1.165, 1.54) is 0 Å². The van der Waals surface area contributed by atoms with Gasteiger partial charge in [-0.05, 0) is 79.7 Å². The number of halogens is 1. The molecule has 0 unspecified atom stereocenters. The first-order valence-electron chi connectivity index (χ1n) is 11.6. The maximum Gasteiger partial charge on any atom is 0.119 e. The van der Waals surface area contributed by atoms with Crippen molar-refractivity contribution < 1.29 is 9.13 Å². The van der Waals surface area contributed by atoms with Crippen molar-refractivity contribution in [2.75, 3.05) is 26.7 Å². The van der Waals surface area contributed by atoms with Crippen LogP contribution in [0, 0.1) is 18.3 Å². The van der Waals surface area contributed by atoms with Crippen molar-refractivity contribution >= 4 is 10.9 Å². The number of fused-ring (bicyclic) bond motifs is 1. The van der Waals surface area contributed by atoms with E-state index in [0.29, 0.717) is 11.6 Å². The smallest absolute Gasteiger partial charge is 0.119 e. The highest BCUT2D eigenvalue weighted by Crippen LogP contribution is 2.26. The largest absolute Gasteiger partial charge is 0.497 e. The van der Waals surface area contributed by atoms with Crippen molar-refractivity contribution in [2.24, 2.45) is 0 Å². The summed E-state index contributed by atoms with van der Waals surface area (Å²) in [5, 5.41) is 14.3. The van der Waals surface area contributed by atoms with E-state index in [9.17, 15) is 9.65 Å². The van der Waals surface area contributed by atoms with Crippen molar-refractivity contribution in [3.8, 4) is 11.8 Å². The van der Waals surface area contributed by atoms with Crippen LogP contribution in [0.4, 0.5) is 4.39 Å². The van der Waals surface area contributed by atoms with Gasteiger partial charge >= 0.3 is 0 Å². The summed E-state index contributed by atoms with van der Waals surface area (Å²) < 4.78 is 18.5. The molecule has 4 rings (SSSR count). The fraction of sp³-hybridized carbons (Fsp3) is 0.407. The van der Waals surface area contributed by atoms with Gasteiger partial charge in [0.05, 0.1) is 18.2 Å². The number of piperidine rings is 1. The van der Waals surface area contributed by atoms with Crippen LogP contribution in [-0.2, 0) is 19.6 Å². The first-order chi connectivity index (χ1) is 16.1. The second-order valence-corrected chi connectivity index (χ2v) is 8.79. The summed E-state index contributed by atoms with van der Waals surface area (Å²) in [6, 6.07) is 14.7. The van der Waals surface area contributed by atoms with Crippen LogP contribution in [-0.4, -0.2) is 42.7 Å². The number of hydrogen-bond acceptors (Lipinski definition) is 5. The zero-order valence-electron chi connectivity index (χ0n) is 19.4. The SMILES string of the molecule is COc1ccc2ncc(C#N)c(CCN3CCC(NCc4ccc(C)c(CF)c4)CC3)c2c1. The summed E-state index contributed by atoms with van der Waals surface area (Å²) in [5.41, 5.74) is 5.50. The second-order valence-electron chi connectivity index (χ2n) is 8.79. The lowest BCUT2D eigenvalue weighted by molar-refractivity contribution is 0.199. The minimum absolute atomic E-state index is 0.412. The van der Waals surface area contributed by atoms with Crippen LogP contribution in [0.25, 0.3) is 10.9 Å². The molecule has 6 heteroatoms. The molecule has 0 atom stereocenters. The average Bonchev–Trinajstić information content (AvgIpc) is 2.86. The molecule has 1 aromatic heterocycles. The van der Waals surface area contributed by atoms with Gasteiger partial charge in [-0.1, -0.05) is 18.2 Å². The minimum Gasteiger partial charge on any atom is -0.497 e. The van der Waals surface area contributed by atoms with E-state index < -0.39 is 6.67 Å². The first kappa shape index (κ1) is 23.2. The fourth-order valence-electron chi connectivity index (χ4n) is 4.59. The highest BCUT2D eigenvalue weighted by atomic mass is 19.1. The monoisotopic (exact) mass is 446 g/mol. The van der Waals surface area contributed by atoms with Gasteiger partial charge in [0.25, 0.3) is 0 Å². The fourth-order valence-corrected chi connectivity index (χ4v) is 4.59. The Hall–Kier alpha value is -3.01. The third-order valence-corrected chi connectivity index (χ3v) is 6.73. The Morgan fingerprint density at radius 2 is 2.03 bits per heavy atom. The summed E-state index contributed by atoms with van der Waals surface area (Å²) in [7, 11) is 1.65. The molecule has 1 N–H and O–H groups in total. The topological polar surface area (TPSA) is 61.2 Å². The number of methoxy groups -OCH3 is 1. The molecule has 2 heterocycles. The van der Waals surface area contributed by atoms with Crippen LogP contribution in [0.5, 0.6) is 5.75 Å². The Bertz CT molecular complexity index is 1150. The number of aryl methyl sites for hydroxylation is 1. The summed E-state index contributed by atoms with van der Waals surface area (Å²) in [6.07, 6.45) is 4.65. The molecule has 5 nitrogen and oxygen atoms in total. The van der Waals surface area contributed by atoms with Gasteiger partial charge in [0.2, 0.25) is 0 Å². The van der Waals surface area contributed by atoms with Gasteiger partial charge < -0.3 is 15.0 Å². The number of nitrogens with zero attached hydrogens (tertiary/aromatic N) is 3. The first-order valence-corrected chi connectivity index (χ1v) is 11.6. The highest BCUT2D eigenvalue weighted by molar-refractivity contribution is 5.85. The minimum atomic E-state index is -0.412. The number of ether oxygens (including phenoxy) is 1. The van der Waals surface area contributed by atoms with Crippen LogP contribution in [0.15, 0.2) is 42.6 Å². The Kier molecular flexibility index (Phi) is 7.54. The molecule has 1 aliphatic rings. The standard InChI is InChI=1S/C27H31FN4O/c1-19-3-4-20(13-21(19)15-28)17-30-23-7-10-32(11-8-23)12-9-25-22(16-29)18-31-27-6-5-24(33-2)14-26(25)27/h3-6,13-14,18,23,30H,7-12,15,17H2,1-2H3. The van der Waals surface area contributed by atoms with Crippen LogP contribution >= 0.6 is 0 Å². The third-order valence-electron chi connectivity index (χ3n) is 6.73. The van der Waals surface area contributed by atoms with Gasteiger partial charge in [0.15, 0.2) is 0 Å². The summed E-state index contributed by atoms with van der Waals surface area (Å²) in [6.45, 7) is 5.27. The lowest BCUT2D eigenvalue weighted by Gasteiger charge is -2.32. The predicted molar refractivity (Wildman–Crippen MR) is 129 cm³/mol. The van der Waals surface area contributed by atoms with Crippen molar-refractivity contribution in [3.63, 3.8) is 0 Å². The second kappa shape index (κ2) is 10.7. The molecule has 0 radical (unpaired) electrons. The van der Waals surface area contributed by atoms with E-state index in [1.807, 2.05) is 37.3 Å². The Morgan fingerprint density at radius 3 is 2.76 bits per heavy atom. The Morgan fingerprint density at radius 1 is 1.21 bits per heavy atom. The van der Waals surface area contributed by atoms with Crippen molar-refractivity contribution in [1.82, 2.24) is 15.2 Å². The maximum atomic E-state index is 13.1. The maximum absolute atomic E-state index is 13.1. The van der Waals surface area contributed by atoms with Gasteiger partial charge in [-0.2, -0.15) is 5.26 Å². The Balaban J connectivity index is 1.33. The van der Waals surface area contributed by atoms with Crippen molar-refractivity contribution in [3.05, 3.63) is 70.4 Å². The summed E-state index contributed by atoms with van der Waals surface area (Å²) in [4.78, 5) is 6.90. The zero-order chi connectivity index (χ0) is 23.2. The van der Waals surface area contributed by atoms with E-state index in [1.54, 1.807) is 13.3 Å². The van der Waals surface area contributed by atoms with E-state index in [2.05, 4.69) is 27.3 Å². The molecular formula is C27H31FN4O. The number of benzene rings is 2. The van der Waals surface area contributed by atoms with E-state index >= 15 is 0 Å². The molecular weight excluding hydrogens is 415 g/mol. The number of nitriles is 1. The quantitative estimate of drug-likeness (QED) is 0.544. The van der Waals surface area contributed by atoms with Gasteiger partial charge in [-0.3, -0.25) is 4.98 Å². The van der Waals surface area contributed by atoms with Gasteiger partial charge in [-0.25, -0.2) is 4.39 Å². The molecule has 1 saturated heterocycles. The number of hydrogen-bond donors (Lipinski definition) is 1. The Labute approximate surface area is 195 Å². The molecule has 3 aromatic rings. The van der Waals surface area contributed by atoms with Crippen LogP contribution in [0.3, 0.4) is 0 Å². The van der Waals surface area contributed by atoms with Crippen LogP contribution in [0.1, 0.15) is 40.7 Å². The third kappa shape index (κ3) is 5.50. The number of aromatic nitrogens is 1. The zero-order valence-corrected chi connectivity index (χ0v) is 19.4. The molecule has 0 amide bonds. The number of pyridine rings is 1. The number of alkyl halides is 1. The van der Waals surface area contributed by atoms with Gasteiger partial charge in [-0.15, -0.1) is 0 Å². The molecule has 172 valence electrons. The van der Waals surface area contributed by atoms with Crippen molar-refractivity contribution in [2.45, 2.75) is 45.4 Å². The van der Waals surface area contributed by atoms with Crippen LogP contribution in [0.2, 0.25) is 0 Å². The lowest BCUT2D eigenvalue weighted by Crippen LogP contribution is -2.42. The van der Waals surface area contributed by atoms with Gasteiger partial charge in [0, 0.05) is 30.7 Å². The molecule has 0 aliphatic carbocycles. The number of likely N-dealkylation sites (tertiary alicyclic amines) is 1. The van der Waals surface area contributed by atoms with E-state index in [-0.39, 0.29) is 0 Å². The molecule has 0 bridgehead atoms. The normalized spacial score (nSPS) is 15.0. The molecule has 2 aromatic carbocycles. The molecule has 0 spiro atoms. The van der Waals surface area contributed by atoms with Gasteiger partial charge in [0.1, 0.15) is 18.5 Å². The molecule has 33 heavy (non-hydrogen) atoms. The predicted octanol–water partition coefficient (Wildman–Crippen LogP) is 4.69. The van der Waals surface area contributed by atoms with Crippen molar-refractivity contribution in [1.29, 1.82) is 5.26 Å². The number of rotatable bonds is 8. The molecule has 0 saturated carbocycles. The lowest BCUT2D eigenvalue weighted by atomic mass is 9.99. The average molecular weight is 447 g/mol. The summed E-state index contributed by atoms with van der Waals surface area (Å²) >= 11 is 0. The molecule has 1 aliphatic heterocycles. The summed E-state index contributed by atoms with van der Waals surface area (Å²) in [5.74, 6) is 0.778. The van der Waals surface area contributed by atoms with Crippen LogP contribution < -0.4 is 10.1 Å². The van der Waals surface area contributed by atoms with E-state index in [4.69, 9.17) is 4.74 Å². The number of nitrogens with one attached hydrogen (secondary N) is 1. The van der Waals surface area contributed by atoms with E-state index in [0.717, 1.165) is 84.3 Å². The highest BCUT2D eigenvalue weighted by Gasteiger charge is 2.20. The molecule has 1 fully saturated rings.